The van der Waals surface area contributed by atoms with E-state index in [0.29, 0.717) is 23.9 Å². The summed E-state index contributed by atoms with van der Waals surface area (Å²) in [7, 11) is 0. The molecule has 0 bridgehead atoms. The van der Waals surface area contributed by atoms with Gasteiger partial charge in [0.15, 0.2) is 0 Å². The van der Waals surface area contributed by atoms with Crippen LogP contribution in [0.4, 0.5) is 0 Å². The van der Waals surface area contributed by atoms with E-state index >= 15 is 0 Å². The first-order valence-electron chi connectivity index (χ1n) is 9.20. The number of benzene rings is 2. The first-order valence-corrected chi connectivity index (χ1v) is 9.20. The second kappa shape index (κ2) is 7.50. The molecule has 0 spiro atoms. The second-order valence-corrected chi connectivity index (χ2v) is 7.65. The molecule has 1 aliphatic heterocycles. The lowest BCUT2D eigenvalue weighted by molar-refractivity contribution is 0.144. The first-order chi connectivity index (χ1) is 11.6. The Morgan fingerprint density at radius 2 is 0.917 bits per heavy atom. The number of hydrogen-bond acceptors (Lipinski definition) is 2. The third-order valence-electron chi connectivity index (χ3n) is 5.22. The molecule has 128 valence electrons. The van der Waals surface area contributed by atoms with E-state index in [1.54, 1.807) is 0 Å². The molecule has 4 atom stereocenters. The molecular formula is C22H30N2. The SMILES string of the molecule is CC(C)[C@@H]1N[C@H](c2ccccc2)[C@@H](c2ccccc2)N[C@H]1C(C)C. The molecule has 0 unspecified atom stereocenters. The minimum absolute atomic E-state index is 0.288. The standard InChI is InChI=1S/C22H30N2/c1-15(2)19-20(16(3)4)24-22(18-13-9-6-10-14-18)21(23-19)17-11-7-5-8-12-17/h5-16,19-24H,1-4H3/t19-,20-,21+,22+/m0/s1. The van der Waals surface area contributed by atoms with E-state index in [4.69, 9.17) is 0 Å². The van der Waals surface area contributed by atoms with Crippen molar-refractivity contribution in [3.8, 4) is 0 Å². The van der Waals surface area contributed by atoms with Gasteiger partial charge in [0.05, 0.1) is 12.1 Å². The van der Waals surface area contributed by atoms with Crippen LogP contribution in [0.15, 0.2) is 60.7 Å². The number of rotatable bonds is 4. The van der Waals surface area contributed by atoms with Crippen LogP contribution in [0.25, 0.3) is 0 Å². The summed E-state index contributed by atoms with van der Waals surface area (Å²) in [6.07, 6.45) is 0. The molecule has 2 nitrogen and oxygen atoms in total. The summed E-state index contributed by atoms with van der Waals surface area (Å²) in [5.74, 6) is 1.18. The van der Waals surface area contributed by atoms with Crippen molar-refractivity contribution in [3.05, 3.63) is 71.8 Å². The van der Waals surface area contributed by atoms with Gasteiger partial charge in [-0.3, -0.25) is 0 Å². The Morgan fingerprint density at radius 3 is 1.21 bits per heavy atom. The fourth-order valence-corrected chi connectivity index (χ4v) is 3.93. The van der Waals surface area contributed by atoms with E-state index in [1.807, 2.05) is 0 Å². The molecule has 3 rings (SSSR count). The van der Waals surface area contributed by atoms with Crippen LogP contribution in [0, 0.1) is 11.8 Å². The van der Waals surface area contributed by atoms with Gasteiger partial charge in [0.2, 0.25) is 0 Å². The third kappa shape index (κ3) is 3.55. The van der Waals surface area contributed by atoms with Crippen LogP contribution in [0.5, 0.6) is 0 Å². The fraction of sp³-hybridized carbons (Fsp3) is 0.455. The summed E-state index contributed by atoms with van der Waals surface area (Å²) < 4.78 is 0. The van der Waals surface area contributed by atoms with Gasteiger partial charge >= 0.3 is 0 Å². The summed E-state index contributed by atoms with van der Waals surface area (Å²) in [5, 5.41) is 7.97. The van der Waals surface area contributed by atoms with Gasteiger partial charge in [-0.2, -0.15) is 0 Å². The fourth-order valence-electron chi connectivity index (χ4n) is 3.93. The Labute approximate surface area is 146 Å². The van der Waals surface area contributed by atoms with Crippen LogP contribution in [-0.4, -0.2) is 12.1 Å². The predicted molar refractivity (Wildman–Crippen MR) is 102 cm³/mol. The van der Waals surface area contributed by atoms with Crippen molar-refractivity contribution in [1.29, 1.82) is 0 Å². The maximum atomic E-state index is 3.99. The topological polar surface area (TPSA) is 24.1 Å². The maximum absolute atomic E-state index is 3.99. The molecule has 1 heterocycles. The van der Waals surface area contributed by atoms with Gasteiger partial charge in [-0.15, -0.1) is 0 Å². The Morgan fingerprint density at radius 1 is 0.583 bits per heavy atom. The lowest BCUT2D eigenvalue weighted by atomic mass is 9.81. The Bertz CT molecular complexity index is 563. The number of nitrogens with one attached hydrogen (secondary N) is 2. The Balaban J connectivity index is 1.99. The van der Waals surface area contributed by atoms with Gasteiger partial charge in [-0.1, -0.05) is 88.4 Å². The van der Waals surface area contributed by atoms with Crippen LogP contribution in [-0.2, 0) is 0 Å². The van der Waals surface area contributed by atoms with E-state index in [-0.39, 0.29) is 12.1 Å². The normalized spacial score (nSPS) is 27.6. The predicted octanol–water partition coefficient (Wildman–Crippen LogP) is 4.71. The second-order valence-electron chi connectivity index (χ2n) is 7.65. The van der Waals surface area contributed by atoms with E-state index in [0.717, 1.165) is 0 Å². The van der Waals surface area contributed by atoms with Crippen LogP contribution < -0.4 is 10.6 Å². The highest BCUT2D eigenvalue weighted by Gasteiger charge is 2.39. The summed E-state index contributed by atoms with van der Waals surface area (Å²) in [4.78, 5) is 0. The molecular weight excluding hydrogens is 292 g/mol. The van der Waals surface area contributed by atoms with Crippen LogP contribution >= 0.6 is 0 Å². The van der Waals surface area contributed by atoms with Gasteiger partial charge in [-0.25, -0.2) is 0 Å². The summed E-state index contributed by atoms with van der Waals surface area (Å²) >= 11 is 0. The largest absolute Gasteiger partial charge is 0.304 e. The van der Waals surface area contributed by atoms with Gasteiger partial charge in [0, 0.05) is 12.1 Å². The molecule has 0 aromatic heterocycles. The van der Waals surface area contributed by atoms with Crippen molar-refractivity contribution in [2.24, 2.45) is 11.8 Å². The zero-order valence-electron chi connectivity index (χ0n) is 15.2. The van der Waals surface area contributed by atoms with E-state index < -0.39 is 0 Å². The number of hydrogen-bond donors (Lipinski definition) is 2. The molecule has 2 aromatic rings. The Hall–Kier alpha value is -1.64. The molecule has 0 aliphatic carbocycles. The summed E-state index contributed by atoms with van der Waals surface area (Å²) in [6, 6.07) is 23.2. The van der Waals surface area contributed by atoms with E-state index in [9.17, 15) is 0 Å². The highest BCUT2D eigenvalue weighted by molar-refractivity contribution is 5.29. The van der Waals surface area contributed by atoms with Gasteiger partial charge in [0.25, 0.3) is 0 Å². The molecule has 1 aliphatic rings. The van der Waals surface area contributed by atoms with Crippen LogP contribution in [0.3, 0.4) is 0 Å². The van der Waals surface area contributed by atoms with Crippen molar-refractivity contribution in [2.75, 3.05) is 0 Å². The summed E-state index contributed by atoms with van der Waals surface area (Å²) in [6.45, 7) is 9.28. The quantitative estimate of drug-likeness (QED) is 0.852. The smallest absolute Gasteiger partial charge is 0.0521 e. The average Bonchev–Trinajstić information content (AvgIpc) is 2.62. The molecule has 1 fully saturated rings. The minimum atomic E-state index is 0.288. The molecule has 1 saturated heterocycles. The molecule has 0 amide bonds. The molecule has 24 heavy (non-hydrogen) atoms. The van der Waals surface area contributed by atoms with Crippen molar-refractivity contribution in [1.82, 2.24) is 10.6 Å². The monoisotopic (exact) mass is 322 g/mol. The zero-order valence-corrected chi connectivity index (χ0v) is 15.2. The first kappa shape index (κ1) is 17.2. The molecule has 2 heteroatoms. The van der Waals surface area contributed by atoms with Crippen LogP contribution in [0.2, 0.25) is 0 Å². The molecule has 2 aromatic carbocycles. The highest BCUT2D eigenvalue weighted by atomic mass is 15.2. The lowest BCUT2D eigenvalue weighted by Gasteiger charge is -2.47. The molecule has 0 radical (unpaired) electrons. The average molecular weight is 322 g/mol. The van der Waals surface area contributed by atoms with Crippen molar-refractivity contribution < 1.29 is 0 Å². The van der Waals surface area contributed by atoms with E-state index in [2.05, 4.69) is 99.0 Å². The highest BCUT2D eigenvalue weighted by Crippen LogP contribution is 2.36. The molecule has 2 N–H and O–H groups in total. The summed E-state index contributed by atoms with van der Waals surface area (Å²) in [5.41, 5.74) is 2.71. The van der Waals surface area contributed by atoms with Crippen molar-refractivity contribution >= 4 is 0 Å². The van der Waals surface area contributed by atoms with Crippen LogP contribution in [0.1, 0.15) is 50.9 Å². The van der Waals surface area contributed by atoms with Gasteiger partial charge in [-0.05, 0) is 23.0 Å². The van der Waals surface area contributed by atoms with Gasteiger partial charge < -0.3 is 10.6 Å². The zero-order chi connectivity index (χ0) is 17.1. The van der Waals surface area contributed by atoms with Gasteiger partial charge in [0.1, 0.15) is 0 Å². The maximum Gasteiger partial charge on any atom is 0.0521 e. The lowest BCUT2D eigenvalue weighted by Crippen LogP contribution is -2.62. The van der Waals surface area contributed by atoms with Crippen molar-refractivity contribution in [2.45, 2.75) is 51.9 Å². The Kier molecular flexibility index (Phi) is 5.37. The van der Waals surface area contributed by atoms with E-state index in [1.165, 1.54) is 11.1 Å². The number of piperazine rings is 1. The molecule has 0 saturated carbocycles. The third-order valence-corrected chi connectivity index (χ3v) is 5.22. The minimum Gasteiger partial charge on any atom is -0.304 e. The van der Waals surface area contributed by atoms with Crippen molar-refractivity contribution in [3.63, 3.8) is 0 Å².